The number of hydrogen-bond donors (Lipinski definition) is 2. The summed E-state index contributed by atoms with van der Waals surface area (Å²) in [5, 5.41) is 11.5. The Balaban J connectivity index is 2.44. The minimum absolute atomic E-state index is 0.0972. The highest BCUT2D eigenvalue weighted by molar-refractivity contribution is 5.74. The zero-order valence-electron chi connectivity index (χ0n) is 11.5. The molecule has 2 amide bonds. The van der Waals surface area contributed by atoms with E-state index in [-0.39, 0.29) is 32.1 Å². The number of nitrogens with one attached hydrogen (secondary N) is 1. The lowest BCUT2D eigenvalue weighted by Crippen LogP contribution is -2.42. The van der Waals surface area contributed by atoms with Gasteiger partial charge in [0.15, 0.2) is 0 Å². The molecule has 1 aromatic rings. The molecule has 0 aliphatic heterocycles. The van der Waals surface area contributed by atoms with Crippen LogP contribution in [0.2, 0.25) is 0 Å². The van der Waals surface area contributed by atoms with Crippen molar-refractivity contribution in [3.63, 3.8) is 0 Å². The Hall–Kier alpha value is -1.69. The highest BCUT2D eigenvalue weighted by Gasteiger charge is 2.11. The van der Waals surface area contributed by atoms with Gasteiger partial charge in [-0.1, -0.05) is 13.0 Å². The quantitative estimate of drug-likeness (QED) is 0.804. The lowest BCUT2D eigenvalue weighted by atomic mass is 10.1. The van der Waals surface area contributed by atoms with Gasteiger partial charge in [0.25, 0.3) is 0 Å². The second kappa shape index (κ2) is 8.47. The van der Waals surface area contributed by atoms with Gasteiger partial charge in [0.1, 0.15) is 11.6 Å². The van der Waals surface area contributed by atoms with Crippen LogP contribution in [0.4, 0.5) is 13.6 Å². The van der Waals surface area contributed by atoms with Crippen LogP contribution in [0.1, 0.15) is 18.9 Å². The average Bonchev–Trinajstić information content (AvgIpc) is 2.41. The second-order valence-electron chi connectivity index (χ2n) is 4.43. The van der Waals surface area contributed by atoms with Crippen molar-refractivity contribution in [2.45, 2.75) is 19.8 Å². The van der Waals surface area contributed by atoms with Crippen LogP contribution in [-0.2, 0) is 6.42 Å². The number of carbonyl (C=O) groups is 1. The van der Waals surface area contributed by atoms with E-state index in [0.717, 1.165) is 12.5 Å². The second-order valence-corrected chi connectivity index (χ2v) is 4.43. The zero-order valence-corrected chi connectivity index (χ0v) is 11.5. The maximum absolute atomic E-state index is 13.4. The minimum atomic E-state index is -0.618. The standard InChI is InChI=1S/C14H20F2N2O2/c1-2-7-18(8-9-19)14(20)17-6-5-11-3-4-12(15)10-13(11)16/h3-4,10,19H,2,5-9H2,1H3,(H,17,20). The molecule has 112 valence electrons. The molecule has 4 nitrogen and oxygen atoms in total. The lowest BCUT2D eigenvalue weighted by molar-refractivity contribution is 0.177. The van der Waals surface area contributed by atoms with E-state index in [0.29, 0.717) is 12.1 Å². The number of rotatable bonds is 7. The molecule has 0 spiro atoms. The van der Waals surface area contributed by atoms with Gasteiger partial charge in [-0.25, -0.2) is 13.6 Å². The molecular formula is C14H20F2N2O2. The maximum Gasteiger partial charge on any atom is 0.317 e. The monoisotopic (exact) mass is 286 g/mol. The normalized spacial score (nSPS) is 10.4. The molecular weight excluding hydrogens is 266 g/mol. The van der Waals surface area contributed by atoms with Crippen molar-refractivity contribution in [3.05, 3.63) is 35.4 Å². The van der Waals surface area contributed by atoms with E-state index in [1.54, 1.807) is 0 Å². The number of halogens is 2. The molecule has 0 aromatic heterocycles. The fourth-order valence-electron chi connectivity index (χ4n) is 1.85. The fraction of sp³-hybridized carbons (Fsp3) is 0.500. The molecule has 0 bridgehead atoms. The van der Waals surface area contributed by atoms with Crippen LogP contribution in [0.15, 0.2) is 18.2 Å². The van der Waals surface area contributed by atoms with E-state index >= 15 is 0 Å². The fourth-order valence-corrected chi connectivity index (χ4v) is 1.85. The lowest BCUT2D eigenvalue weighted by Gasteiger charge is -2.21. The van der Waals surface area contributed by atoms with Crippen LogP contribution in [0.3, 0.4) is 0 Å². The molecule has 0 aliphatic carbocycles. The molecule has 0 radical (unpaired) electrons. The van der Waals surface area contributed by atoms with Gasteiger partial charge in [-0.3, -0.25) is 0 Å². The number of carbonyl (C=O) groups excluding carboxylic acids is 1. The predicted octanol–water partition coefficient (Wildman–Crippen LogP) is 1.92. The van der Waals surface area contributed by atoms with Crippen LogP contribution in [0, 0.1) is 11.6 Å². The Morgan fingerprint density at radius 2 is 2.10 bits per heavy atom. The molecule has 0 saturated heterocycles. The molecule has 0 atom stereocenters. The summed E-state index contributed by atoms with van der Waals surface area (Å²) in [5.74, 6) is -1.23. The van der Waals surface area contributed by atoms with Gasteiger partial charge in [0, 0.05) is 25.7 Å². The summed E-state index contributed by atoms with van der Waals surface area (Å²) in [6, 6.07) is 3.10. The third-order valence-corrected chi connectivity index (χ3v) is 2.84. The molecule has 20 heavy (non-hydrogen) atoms. The van der Waals surface area contributed by atoms with Crippen molar-refractivity contribution >= 4 is 6.03 Å². The molecule has 0 heterocycles. The summed E-state index contributed by atoms with van der Waals surface area (Å²) >= 11 is 0. The highest BCUT2D eigenvalue weighted by atomic mass is 19.1. The topological polar surface area (TPSA) is 52.6 Å². The first-order valence-electron chi connectivity index (χ1n) is 6.66. The number of aliphatic hydroxyl groups is 1. The predicted molar refractivity (Wildman–Crippen MR) is 72.4 cm³/mol. The minimum Gasteiger partial charge on any atom is -0.395 e. The number of benzene rings is 1. The van der Waals surface area contributed by atoms with Crippen LogP contribution in [-0.4, -0.2) is 42.3 Å². The third kappa shape index (κ3) is 5.13. The number of nitrogens with zero attached hydrogens (tertiary/aromatic N) is 1. The van der Waals surface area contributed by atoms with Gasteiger partial charge >= 0.3 is 6.03 Å². The Bertz CT molecular complexity index is 435. The molecule has 0 saturated carbocycles. The number of hydrogen-bond acceptors (Lipinski definition) is 2. The first kappa shape index (κ1) is 16.4. The van der Waals surface area contributed by atoms with Crippen LogP contribution >= 0.6 is 0 Å². The van der Waals surface area contributed by atoms with E-state index < -0.39 is 11.6 Å². The molecule has 0 fully saturated rings. The van der Waals surface area contributed by atoms with E-state index in [4.69, 9.17) is 5.11 Å². The van der Waals surface area contributed by atoms with E-state index in [2.05, 4.69) is 5.32 Å². The molecule has 0 aliphatic rings. The summed E-state index contributed by atoms with van der Waals surface area (Å²) in [6.45, 7) is 2.92. The summed E-state index contributed by atoms with van der Waals surface area (Å²) in [5.41, 5.74) is 0.357. The number of aliphatic hydroxyl groups excluding tert-OH is 1. The molecule has 2 N–H and O–H groups in total. The van der Waals surface area contributed by atoms with E-state index in [1.165, 1.54) is 17.0 Å². The van der Waals surface area contributed by atoms with Gasteiger partial charge in [-0.05, 0) is 24.5 Å². The van der Waals surface area contributed by atoms with Crippen molar-refractivity contribution < 1.29 is 18.7 Å². The Labute approximate surface area is 117 Å². The van der Waals surface area contributed by atoms with E-state index in [9.17, 15) is 13.6 Å². The third-order valence-electron chi connectivity index (χ3n) is 2.84. The first-order chi connectivity index (χ1) is 9.58. The SMILES string of the molecule is CCCN(CCO)C(=O)NCCc1ccc(F)cc1F. The molecule has 1 aromatic carbocycles. The van der Waals surface area contributed by atoms with Gasteiger partial charge < -0.3 is 15.3 Å². The van der Waals surface area contributed by atoms with Crippen molar-refractivity contribution in [2.75, 3.05) is 26.2 Å². The number of amides is 2. The Morgan fingerprint density at radius 1 is 1.35 bits per heavy atom. The first-order valence-corrected chi connectivity index (χ1v) is 6.66. The summed E-state index contributed by atoms with van der Waals surface area (Å²) in [4.78, 5) is 13.3. The van der Waals surface area contributed by atoms with Crippen LogP contribution in [0.5, 0.6) is 0 Å². The Kier molecular flexibility index (Phi) is 6.93. The highest BCUT2D eigenvalue weighted by Crippen LogP contribution is 2.09. The molecule has 0 unspecified atom stereocenters. The van der Waals surface area contributed by atoms with Crippen molar-refractivity contribution in [3.8, 4) is 0 Å². The van der Waals surface area contributed by atoms with Crippen LogP contribution < -0.4 is 5.32 Å². The van der Waals surface area contributed by atoms with Crippen LogP contribution in [0.25, 0.3) is 0 Å². The van der Waals surface area contributed by atoms with Gasteiger partial charge in [0.2, 0.25) is 0 Å². The average molecular weight is 286 g/mol. The maximum atomic E-state index is 13.4. The summed E-state index contributed by atoms with van der Waals surface area (Å²) in [7, 11) is 0. The van der Waals surface area contributed by atoms with Gasteiger partial charge in [0.05, 0.1) is 6.61 Å². The summed E-state index contributed by atoms with van der Waals surface area (Å²) < 4.78 is 26.1. The number of urea groups is 1. The largest absolute Gasteiger partial charge is 0.395 e. The Morgan fingerprint density at radius 3 is 2.70 bits per heavy atom. The van der Waals surface area contributed by atoms with Gasteiger partial charge in [-0.15, -0.1) is 0 Å². The smallest absolute Gasteiger partial charge is 0.317 e. The van der Waals surface area contributed by atoms with Gasteiger partial charge in [-0.2, -0.15) is 0 Å². The molecule has 1 rings (SSSR count). The van der Waals surface area contributed by atoms with Crippen molar-refractivity contribution in [1.82, 2.24) is 10.2 Å². The zero-order chi connectivity index (χ0) is 15.0. The summed E-state index contributed by atoms with van der Waals surface area (Å²) in [6.07, 6.45) is 1.08. The molecule has 6 heteroatoms. The van der Waals surface area contributed by atoms with Crippen molar-refractivity contribution in [2.24, 2.45) is 0 Å². The van der Waals surface area contributed by atoms with Crippen molar-refractivity contribution in [1.29, 1.82) is 0 Å². The van der Waals surface area contributed by atoms with E-state index in [1.807, 2.05) is 6.92 Å².